The van der Waals surface area contributed by atoms with E-state index >= 15 is 0 Å². The van der Waals surface area contributed by atoms with Crippen molar-refractivity contribution < 1.29 is 0 Å². The minimum absolute atomic E-state index is 0.406. The molecule has 0 bridgehead atoms. The molecule has 0 saturated heterocycles. The molecule has 0 aliphatic carbocycles. The van der Waals surface area contributed by atoms with Crippen molar-refractivity contribution in [3.63, 3.8) is 0 Å². The lowest BCUT2D eigenvalue weighted by atomic mass is 9.98. The Kier molecular flexibility index (Phi) is 5.68. The highest BCUT2D eigenvalue weighted by molar-refractivity contribution is 5.37. The molecule has 0 heterocycles. The second-order valence-corrected chi connectivity index (χ2v) is 2.82. The van der Waals surface area contributed by atoms with E-state index in [0.717, 1.165) is 17.7 Å². The first-order chi connectivity index (χ1) is 6.17. The summed E-state index contributed by atoms with van der Waals surface area (Å²) in [5, 5.41) is 7.36. The summed E-state index contributed by atoms with van der Waals surface area (Å²) in [5.41, 5.74) is 1.69. The van der Waals surface area contributed by atoms with Gasteiger partial charge in [0.15, 0.2) is 0 Å². The smallest absolute Gasteiger partial charge is 0.0852 e. The number of nitrogens with zero attached hydrogens (tertiary/aromatic N) is 3. The Bertz CT molecular complexity index is 239. The average molecular weight is 179 g/mol. The van der Waals surface area contributed by atoms with Gasteiger partial charge in [-0.2, -0.15) is 10.2 Å². The summed E-state index contributed by atoms with van der Waals surface area (Å²) in [5.74, 6) is 0.406. The van der Waals surface area contributed by atoms with Crippen molar-refractivity contribution in [2.75, 3.05) is 7.05 Å². The van der Waals surface area contributed by atoms with E-state index in [1.165, 1.54) is 0 Å². The summed E-state index contributed by atoms with van der Waals surface area (Å²) in [4.78, 5) is 3.85. The van der Waals surface area contributed by atoms with Crippen molar-refractivity contribution in [3.05, 3.63) is 24.0 Å². The maximum Gasteiger partial charge on any atom is 0.0852 e. The van der Waals surface area contributed by atoms with E-state index in [-0.39, 0.29) is 0 Å². The first kappa shape index (κ1) is 11.8. The van der Waals surface area contributed by atoms with Crippen molar-refractivity contribution in [3.8, 4) is 0 Å². The van der Waals surface area contributed by atoms with E-state index in [1.807, 2.05) is 0 Å². The van der Waals surface area contributed by atoms with Gasteiger partial charge in [0.25, 0.3) is 0 Å². The van der Waals surface area contributed by atoms with Crippen LogP contribution in [0.3, 0.4) is 0 Å². The maximum absolute atomic E-state index is 3.95. The molecule has 1 atom stereocenters. The Morgan fingerprint density at radius 1 is 1.54 bits per heavy atom. The third kappa shape index (κ3) is 3.78. The van der Waals surface area contributed by atoms with E-state index in [4.69, 9.17) is 0 Å². The van der Waals surface area contributed by atoms with Gasteiger partial charge in [0.2, 0.25) is 0 Å². The first-order valence-corrected chi connectivity index (χ1v) is 4.32. The maximum atomic E-state index is 3.95. The van der Waals surface area contributed by atoms with Crippen LogP contribution in [0, 0.1) is 5.92 Å². The lowest BCUT2D eigenvalue weighted by molar-refractivity contribution is 0.662. The molecule has 0 aliphatic heterocycles. The van der Waals surface area contributed by atoms with Crippen LogP contribution in [0.25, 0.3) is 0 Å². The Labute approximate surface area is 80.0 Å². The minimum atomic E-state index is 0.406. The SMILES string of the molecule is C=N/C(=C/N=NC)C(=C)[C@@H](C)CC. The van der Waals surface area contributed by atoms with Gasteiger partial charge < -0.3 is 0 Å². The summed E-state index contributed by atoms with van der Waals surface area (Å²) in [6.07, 6.45) is 2.62. The third-order valence-electron chi connectivity index (χ3n) is 2.00. The van der Waals surface area contributed by atoms with Crippen molar-refractivity contribution in [1.29, 1.82) is 0 Å². The zero-order valence-corrected chi connectivity index (χ0v) is 8.62. The number of hydrogen-bond acceptors (Lipinski definition) is 3. The van der Waals surface area contributed by atoms with Gasteiger partial charge in [-0.3, -0.25) is 4.99 Å². The second kappa shape index (κ2) is 6.29. The standard InChI is InChI=1S/C10H17N3/c1-6-8(2)9(3)10(11-4)7-13-12-5/h7-8H,3-4,6H2,1-2,5H3/b10-7+,13-12?/t8-/m0/s1. The van der Waals surface area contributed by atoms with E-state index in [2.05, 4.69) is 42.4 Å². The molecule has 0 N–H and O–H groups in total. The fraction of sp³-hybridized carbons (Fsp3) is 0.500. The first-order valence-electron chi connectivity index (χ1n) is 4.32. The van der Waals surface area contributed by atoms with E-state index in [1.54, 1.807) is 13.2 Å². The lowest BCUT2D eigenvalue weighted by Crippen LogP contribution is -1.97. The number of rotatable bonds is 5. The van der Waals surface area contributed by atoms with Crippen LogP contribution in [-0.4, -0.2) is 13.8 Å². The molecule has 3 nitrogen and oxygen atoms in total. The summed E-state index contributed by atoms with van der Waals surface area (Å²) in [6, 6.07) is 0. The van der Waals surface area contributed by atoms with Crippen molar-refractivity contribution in [2.45, 2.75) is 20.3 Å². The highest BCUT2D eigenvalue weighted by atomic mass is 15.1. The van der Waals surface area contributed by atoms with Crippen LogP contribution in [0.15, 0.2) is 39.3 Å². The molecule has 0 rings (SSSR count). The molecule has 0 spiro atoms. The molecular formula is C10H17N3. The molecule has 0 aliphatic rings. The van der Waals surface area contributed by atoms with Gasteiger partial charge in [-0.15, -0.1) is 0 Å². The van der Waals surface area contributed by atoms with Crippen molar-refractivity contribution in [1.82, 2.24) is 0 Å². The Morgan fingerprint density at radius 2 is 2.15 bits per heavy atom. The van der Waals surface area contributed by atoms with Crippen LogP contribution >= 0.6 is 0 Å². The molecule has 0 saturated carbocycles. The van der Waals surface area contributed by atoms with Gasteiger partial charge in [-0.25, -0.2) is 0 Å². The van der Waals surface area contributed by atoms with E-state index in [0.29, 0.717) is 5.92 Å². The average Bonchev–Trinajstić information content (AvgIpc) is 2.17. The summed E-state index contributed by atoms with van der Waals surface area (Å²) >= 11 is 0. The van der Waals surface area contributed by atoms with Crippen LogP contribution in [0.2, 0.25) is 0 Å². The summed E-state index contributed by atoms with van der Waals surface area (Å²) < 4.78 is 0. The van der Waals surface area contributed by atoms with Crippen molar-refractivity contribution in [2.24, 2.45) is 21.1 Å². The molecule has 13 heavy (non-hydrogen) atoms. The van der Waals surface area contributed by atoms with Gasteiger partial charge in [-0.05, 0) is 24.6 Å². The van der Waals surface area contributed by atoms with Gasteiger partial charge in [0.05, 0.1) is 11.9 Å². The second-order valence-electron chi connectivity index (χ2n) is 2.82. The fourth-order valence-electron chi connectivity index (χ4n) is 0.837. The van der Waals surface area contributed by atoms with Crippen LogP contribution in [0.1, 0.15) is 20.3 Å². The van der Waals surface area contributed by atoms with Crippen LogP contribution < -0.4 is 0 Å². The highest BCUT2D eigenvalue weighted by Crippen LogP contribution is 2.21. The third-order valence-corrected chi connectivity index (χ3v) is 2.00. The molecule has 3 heteroatoms. The predicted molar refractivity (Wildman–Crippen MR) is 57.0 cm³/mol. The van der Waals surface area contributed by atoms with Crippen LogP contribution in [0.4, 0.5) is 0 Å². The van der Waals surface area contributed by atoms with Gasteiger partial charge >= 0.3 is 0 Å². The molecule has 0 aromatic rings. The molecule has 0 radical (unpaired) electrons. The van der Waals surface area contributed by atoms with Gasteiger partial charge in [0, 0.05) is 7.05 Å². The van der Waals surface area contributed by atoms with E-state index in [9.17, 15) is 0 Å². The Hall–Kier alpha value is -1.25. The lowest BCUT2D eigenvalue weighted by Gasteiger charge is -2.11. The minimum Gasteiger partial charge on any atom is -0.263 e. The topological polar surface area (TPSA) is 37.1 Å². The van der Waals surface area contributed by atoms with Crippen LogP contribution in [0.5, 0.6) is 0 Å². The Morgan fingerprint density at radius 3 is 2.54 bits per heavy atom. The predicted octanol–water partition coefficient (Wildman–Crippen LogP) is 3.21. The fourth-order valence-corrected chi connectivity index (χ4v) is 0.837. The molecule has 0 aromatic carbocycles. The summed E-state index contributed by atoms with van der Waals surface area (Å²) in [7, 11) is 1.61. The number of hydrogen-bond donors (Lipinski definition) is 0. The molecule has 0 amide bonds. The van der Waals surface area contributed by atoms with Crippen molar-refractivity contribution >= 4 is 6.72 Å². The molecule has 72 valence electrons. The number of aliphatic imine (C=N–C) groups is 1. The zero-order chi connectivity index (χ0) is 10.3. The monoisotopic (exact) mass is 179 g/mol. The van der Waals surface area contributed by atoms with Gasteiger partial charge in [0.1, 0.15) is 0 Å². The zero-order valence-electron chi connectivity index (χ0n) is 8.62. The number of allylic oxidation sites excluding steroid dienone is 1. The molecular weight excluding hydrogens is 162 g/mol. The largest absolute Gasteiger partial charge is 0.263 e. The number of azo groups is 1. The normalized spacial score (nSPS) is 14.5. The molecule has 0 fully saturated rings. The quantitative estimate of drug-likeness (QED) is 0.353. The molecule has 0 unspecified atom stereocenters. The highest BCUT2D eigenvalue weighted by Gasteiger charge is 2.07. The summed E-state index contributed by atoms with van der Waals surface area (Å²) in [6.45, 7) is 11.6. The van der Waals surface area contributed by atoms with E-state index < -0.39 is 0 Å². The molecule has 0 aromatic heterocycles. The Balaban J connectivity index is 4.58. The van der Waals surface area contributed by atoms with Gasteiger partial charge in [-0.1, -0.05) is 20.4 Å². The van der Waals surface area contributed by atoms with Crippen LogP contribution in [-0.2, 0) is 0 Å².